The van der Waals surface area contributed by atoms with Gasteiger partial charge in [0.1, 0.15) is 34.9 Å². The van der Waals surface area contributed by atoms with E-state index in [0.717, 1.165) is 11.1 Å². The van der Waals surface area contributed by atoms with Gasteiger partial charge >= 0.3 is 0 Å². The monoisotopic (exact) mass is 522 g/mol. The number of allylic oxidation sites excluding steroid dienone is 2. The first-order chi connectivity index (χ1) is 18.8. The van der Waals surface area contributed by atoms with E-state index >= 15 is 0 Å². The number of rotatable bonds is 8. The van der Waals surface area contributed by atoms with Crippen molar-refractivity contribution >= 4 is 0 Å². The van der Waals surface area contributed by atoms with Gasteiger partial charge in [0.05, 0.1) is 12.5 Å². The van der Waals surface area contributed by atoms with Crippen LogP contribution in [-0.2, 0) is 12.8 Å². The van der Waals surface area contributed by atoms with E-state index in [1.165, 1.54) is 12.1 Å². The number of hydrogen-bond acceptors (Lipinski definition) is 6. The molecule has 0 amide bonds. The molecule has 0 saturated heterocycles. The second-order valence-corrected chi connectivity index (χ2v) is 9.70. The Bertz CT molecular complexity index is 1570. The van der Waals surface area contributed by atoms with Gasteiger partial charge in [-0.2, -0.15) is 0 Å². The van der Waals surface area contributed by atoms with E-state index in [1.807, 2.05) is 6.07 Å². The Kier molecular flexibility index (Phi) is 7.05. The molecule has 0 saturated carbocycles. The highest BCUT2D eigenvalue weighted by Gasteiger charge is 2.38. The molecule has 198 valence electrons. The zero-order valence-corrected chi connectivity index (χ0v) is 21.3. The van der Waals surface area contributed by atoms with Gasteiger partial charge in [0, 0.05) is 27.8 Å². The number of aliphatic hydroxyl groups excluding tert-OH is 1. The molecular formula is C33H30O6. The quantitative estimate of drug-likeness (QED) is 0.169. The van der Waals surface area contributed by atoms with Gasteiger partial charge in [-0.25, -0.2) is 0 Å². The molecular weight excluding hydrogens is 492 g/mol. The molecule has 0 bridgehead atoms. The maximum Gasteiger partial charge on any atom is 0.133 e. The molecule has 4 aromatic carbocycles. The Balaban J connectivity index is 1.61. The Morgan fingerprint density at radius 2 is 1.21 bits per heavy atom. The summed E-state index contributed by atoms with van der Waals surface area (Å²) >= 11 is 0. The lowest BCUT2D eigenvalue weighted by Gasteiger charge is -2.19. The molecule has 0 radical (unpaired) electrons. The molecule has 1 unspecified atom stereocenters. The molecule has 4 aromatic rings. The third-order valence-electron chi connectivity index (χ3n) is 7.12. The first-order valence-electron chi connectivity index (χ1n) is 12.7. The summed E-state index contributed by atoms with van der Waals surface area (Å²) in [4.78, 5) is 0. The number of phenolic OH excluding ortho intramolecular Hbond substituents is 4. The van der Waals surface area contributed by atoms with Gasteiger partial charge in [-0.1, -0.05) is 30.4 Å². The van der Waals surface area contributed by atoms with Crippen LogP contribution in [0.1, 0.15) is 34.3 Å². The molecule has 0 spiro atoms. The lowest BCUT2D eigenvalue weighted by atomic mass is 9.88. The summed E-state index contributed by atoms with van der Waals surface area (Å²) in [5, 5.41) is 53.0. The fourth-order valence-corrected chi connectivity index (χ4v) is 5.24. The van der Waals surface area contributed by atoms with Crippen LogP contribution in [0, 0.1) is 0 Å². The van der Waals surface area contributed by atoms with Crippen LogP contribution in [0.25, 0.3) is 22.3 Å². The van der Waals surface area contributed by atoms with E-state index in [-0.39, 0.29) is 29.6 Å². The Morgan fingerprint density at radius 3 is 1.77 bits per heavy atom. The number of ether oxygens (including phenoxy) is 1. The van der Waals surface area contributed by atoms with Crippen LogP contribution in [0.2, 0.25) is 0 Å². The van der Waals surface area contributed by atoms with Gasteiger partial charge in [0.2, 0.25) is 0 Å². The second kappa shape index (κ2) is 10.6. The number of phenols is 4. The molecule has 1 heterocycles. The van der Waals surface area contributed by atoms with Crippen molar-refractivity contribution in [3.05, 3.63) is 114 Å². The molecule has 5 rings (SSSR count). The van der Waals surface area contributed by atoms with Crippen molar-refractivity contribution in [3.63, 3.8) is 0 Å². The smallest absolute Gasteiger partial charge is 0.133 e. The minimum Gasteiger partial charge on any atom is -0.508 e. The van der Waals surface area contributed by atoms with E-state index in [9.17, 15) is 25.5 Å². The van der Waals surface area contributed by atoms with Crippen molar-refractivity contribution in [2.24, 2.45) is 0 Å². The first-order valence-corrected chi connectivity index (χ1v) is 12.7. The maximum absolute atomic E-state index is 10.7. The minimum absolute atomic E-state index is 0.0110. The summed E-state index contributed by atoms with van der Waals surface area (Å²) in [6.07, 6.45) is 4.09. The van der Waals surface area contributed by atoms with E-state index in [2.05, 4.69) is 13.2 Å². The summed E-state index contributed by atoms with van der Waals surface area (Å²) in [7, 11) is 0. The van der Waals surface area contributed by atoms with Crippen LogP contribution in [0.15, 0.2) is 92.0 Å². The van der Waals surface area contributed by atoms with Gasteiger partial charge in [-0.3, -0.25) is 0 Å². The predicted octanol–water partition coefficient (Wildman–Crippen LogP) is 6.51. The van der Waals surface area contributed by atoms with Crippen LogP contribution in [0.3, 0.4) is 0 Å². The number of fused-ring (bicyclic) bond motifs is 1. The standard InChI is InChI=1S/C33H30O6/c1-3-5-19-7-10-29(36)23(13-19)25-15-21(9-12-31(25)38)32-28(18-34)27-17-22(35)16-26(33(27)39-32)24-14-20(6-4-2)8-11-30(24)37/h3-4,7-17,28,32,34-38H,1-2,5-6,18H2/t28-,32?/m0/s1. The number of benzene rings is 4. The van der Waals surface area contributed by atoms with E-state index in [4.69, 9.17) is 4.74 Å². The number of aromatic hydroxyl groups is 4. The van der Waals surface area contributed by atoms with Crippen LogP contribution < -0.4 is 4.74 Å². The largest absolute Gasteiger partial charge is 0.508 e. The zero-order valence-electron chi connectivity index (χ0n) is 21.3. The summed E-state index contributed by atoms with van der Waals surface area (Å²) in [6.45, 7) is 7.28. The van der Waals surface area contributed by atoms with Crippen molar-refractivity contribution < 1.29 is 30.3 Å². The Hall–Kier alpha value is -4.68. The van der Waals surface area contributed by atoms with Crippen LogP contribution >= 0.6 is 0 Å². The van der Waals surface area contributed by atoms with E-state index in [0.29, 0.717) is 52.0 Å². The third-order valence-corrected chi connectivity index (χ3v) is 7.12. The van der Waals surface area contributed by atoms with Gasteiger partial charge in [0.15, 0.2) is 0 Å². The van der Waals surface area contributed by atoms with Gasteiger partial charge < -0.3 is 30.3 Å². The predicted molar refractivity (Wildman–Crippen MR) is 151 cm³/mol. The molecule has 2 atom stereocenters. The zero-order chi connectivity index (χ0) is 27.7. The van der Waals surface area contributed by atoms with Crippen LogP contribution in [-0.4, -0.2) is 32.1 Å². The summed E-state index contributed by atoms with van der Waals surface area (Å²) in [5.74, 6) is -0.0500. The summed E-state index contributed by atoms with van der Waals surface area (Å²) < 4.78 is 6.46. The van der Waals surface area contributed by atoms with Crippen LogP contribution in [0.4, 0.5) is 0 Å². The van der Waals surface area contributed by atoms with E-state index in [1.54, 1.807) is 60.7 Å². The fraction of sp³-hybridized carbons (Fsp3) is 0.152. The molecule has 39 heavy (non-hydrogen) atoms. The molecule has 6 nitrogen and oxygen atoms in total. The molecule has 1 aliphatic rings. The summed E-state index contributed by atoms with van der Waals surface area (Å²) in [6, 6.07) is 18.5. The Labute approximate surface area is 227 Å². The van der Waals surface area contributed by atoms with E-state index < -0.39 is 12.0 Å². The maximum atomic E-state index is 10.7. The molecule has 1 aliphatic heterocycles. The average molecular weight is 523 g/mol. The second-order valence-electron chi connectivity index (χ2n) is 9.70. The molecule has 0 fully saturated rings. The van der Waals surface area contributed by atoms with Gasteiger partial charge in [-0.15, -0.1) is 13.2 Å². The Morgan fingerprint density at radius 1 is 0.667 bits per heavy atom. The highest BCUT2D eigenvalue weighted by Crippen LogP contribution is 2.53. The normalized spacial score (nSPS) is 15.9. The number of aliphatic hydroxyl groups is 1. The van der Waals surface area contributed by atoms with Crippen molar-refractivity contribution in [3.8, 4) is 51.0 Å². The lowest BCUT2D eigenvalue weighted by Crippen LogP contribution is -2.13. The highest BCUT2D eigenvalue weighted by molar-refractivity contribution is 5.80. The lowest BCUT2D eigenvalue weighted by molar-refractivity contribution is 0.160. The van der Waals surface area contributed by atoms with Crippen LogP contribution in [0.5, 0.6) is 28.7 Å². The molecule has 0 aromatic heterocycles. The molecule has 0 aliphatic carbocycles. The van der Waals surface area contributed by atoms with Crippen molar-refractivity contribution in [1.29, 1.82) is 0 Å². The molecule has 6 heteroatoms. The highest BCUT2D eigenvalue weighted by atomic mass is 16.5. The first kappa shape index (κ1) is 25.9. The number of hydrogen-bond donors (Lipinski definition) is 5. The van der Waals surface area contributed by atoms with Gasteiger partial charge in [-0.05, 0) is 78.1 Å². The van der Waals surface area contributed by atoms with Gasteiger partial charge in [0.25, 0.3) is 0 Å². The minimum atomic E-state index is -0.651. The molecule has 5 N–H and O–H groups in total. The topological polar surface area (TPSA) is 110 Å². The SMILES string of the molecule is C=CCc1ccc(O)c(-c2cc(C3Oc4c(-c5cc(CC=C)ccc5O)cc(O)cc4[C@@H]3CO)ccc2O)c1. The van der Waals surface area contributed by atoms with Crippen molar-refractivity contribution in [2.45, 2.75) is 24.9 Å². The van der Waals surface area contributed by atoms with Crippen molar-refractivity contribution in [1.82, 2.24) is 0 Å². The van der Waals surface area contributed by atoms with Crippen molar-refractivity contribution in [2.75, 3.05) is 6.61 Å². The average Bonchev–Trinajstić information content (AvgIpc) is 3.29. The third kappa shape index (κ3) is 4.82. The fourth-order valence-electron chi connectivity index (χ4n) is 5.24. The summed E-state index contributed by atoms with van der Waals surface area (Å²) in [5.41, 5.74) is 5.02.